The zero-order valence-electron chi connectivity index (χ0n) is 22.7. The van der Waals surface area contributed by atoms with Gasteiger partial charge in [-0.3, -0.25) is 4.79 Å². The highest BCUT2D eigenvalue weighted by Crippen LogP contribution is 2.34. The Morgan fingerprint density at radius 2 is 1.58 bits per heavy atom. The van der Waals surface area contributed by atoms with Gasteiger partial charge < -0.3 is 19.3 Å². The Labute approximate surface area is 224 Å². The smallest absolute Gasteiger partial charge is 0.409 e. The van der Waals surface area contributed by atoms with Gasteiger partial charge in [-0.25, -0.2) is 18.0 Å². The predicted molar refractivity (Wildman–Crippen MR) is 141 cm³/mol. The van der Waals surface area contributed by atoms with Crippen molar-refractivity contribution in [1.82, 2.24) is 14.1 Å². The molecule has 206 valence electrons. The second-order valence-corrected chi connectivity index (χ2v) is 12.4. The molecule has 3 unspecified atom stereocenters. The standard InChI is InChI=1S/C27H35N3O7S/c1-18-13-15-20(16-14-18)38(34,35)29(7)21-17-30(24(21)31)22(25(32)37-27(2,3)4)23(36-26(33)28(5)6)19-11-9-8-10-12-19/h8-16,21-23H,17H2,1-7H3. The van der Waals surface area contributed by atoms with E-state index in [4.69, 9.17) is 9.47 Å². The lowest BCUT2D eigenvalue weighted by atomic mass is 9.95. The molecule has 1 aliphatic rings. The third-order valence-corrected chi connectivity index (χ3v) is 7.95. The van der Waals surface area contributed by atoms with Crippen molar-refractivity contribution in [1.29, 1.82) is 0 Å². The lowest BCUT2D eigenvalue weighted by molar-refractivity contribution is -0.178. The first-order chi connectivity index (χ1) is 17.6. The van der Waals surface area contributed by atoms with Crippen LogP contribution in [-0.4, -0.2) is 85.9 Å². The minimum atomic E-state index is -3.97. The van der Waals surface area contributed by atoms with E-state index >= 15 is 0 Å². The average molecular weight is 546 g/mol. The molecule has 3 rings (SSSR count). The van der Waals surface area contributed by atoms with Crippen LogP contribution in [0.3, 0.4) is 0 Å². The van der Waals surface area contributed by atoms with Crippen LogP contribution in [-0.2, 0) is 29.1 Å². The van der Waals surface area contributed by atoms with Gasteiger partial charge in [-0.05, 0) is 45.4 Å². The summed E-state index contributed by atoms with van der Waals surface area (Å²) in [6.07, 6.45) is -1.90. The number of carbonyl (C=O) groups is 3. The summed E-state index contributed by atoms with van der Waals surface area (Å²) in [4.78, 5) is 42.0. The Kier molecular flexibility index (Phi) is 8.52. The Bertz CT molecular complexity index is 1270. The van der Waals surface area contributed by atoms with Gasteiger partial charge in [0.25, 0.3) is 0 Å². The first-order valence-corrected chi connectivity index (χ1v) is 13.6. The number of amides is 2. The number of β-lactam (4-membered cyclic amide) rings is 1. The molecule has 2 aromatic carbocycles. The first kappa shape index (κ1) is 29.1. The van der Waals surface area contributed by atoms with E-state index in [1.807, 2.05) is 6.92 Å². The average Bonchev–Trinajstić information content (AvgIpc) is 2.84. The second-order valence-electron chi connectivity index (χ2n) is 10.4. The highest BCUT2D eigenvalue weighted by molar-refractivity contribution is 7.89. The maximum absolute atomic E-state index is 13.5. The lowest BCUT2D eigenvalue weighted by Gasteiger charge is -2.47. The molecule has 0 radical (unpaired) electrons. The summed E-state index contributed by atoms with van der Waals surface area (Å²) in [5.41, 5.74) is 0.494. The van der Waals surface area contributed by atoms with Crippen molar-refractivity contribution in [2.75, 3.05) is 27.7 Å². The minimum Gasteiger partial charge on any atom is -0.458 e. The molecule has 0 spiro atoms. The van der Waals surface area contributed by atoms with Crippen LogP contribution in [0.5, 0.6) is 0 Å². The molecule has 0 aromatic heterocycles. The fourth-order valence-corrected chi connectivity index (χ4v) is 5.25. The minimum absolute atomic E-state index is 0.0580. The van der Waals surface area contributed by atoms with Crippen molar-refractivity contribution in [3.63, 3.8) is 0 Å². The number of aryl methyl sites for hydroxylation is 1. The third-order valence-electron chi connectivity index (χ3n) is 6.07. The van der Waals surface area contributed by atoms with Gasteiger partial charge in [0.05, 0.1) is 4.90 Å². The molecule has 1 heterocycles. The Morgan fingerprint density at radius 1 is 1.00 bits per heavy atom. The monoisotopic (exact) mass is 545 g/mol. The number of likely N-dealkylation sites (N-methyl/N-ethyl adjacent to an activating group) is 1. The number of rotatable bonds is 8. The highest BCUT2D eigenvalue weighted by atomic mass is 32.2. The summed E-state index contributed by atoms with van der Waals surface area (Å²) in [5, 5.41) is 0. The molecule has 0 aliphatic carbocycles. The van der Waals surface area contributed by atoms with Crippen LogP contribution >= 0.6 is 0 Å². The topological polar surface area (TPSA) is 114 Å². The zero-order chi connectivity index (χ0) is 28.4. The fourth-order valence-electron chi connectivity index (χ4n) is 3.95. The number of benzene rings is 2. The maximum atomic E-state index is 13.5. The van der Waals surface area contributed by atoms with Crippen LogP contribution in [0.4, 0.5) is 4.79 Å². The molecule has 1 saturated heterocycles. The van der Waals surface area contributed by atoms with Gasteiger partial charge in [-0.15, -0.1) is 0 Å². The SMILES string of the molecule is Cc1ccc(S(=O)(=O)N(C)C2CN(C(C(=O)OC(C)(C)C)C(OC(=O)N(C)C)c3ccccc3)C2=O)cc1. The molecule has 10 nitrogen and oxygen atoms in total. The zero-order valence-corrected chi connectivity index (χ0v) is 23.6. The Morgan fingerprint density at radius 3 is 2.08 bits per heavy atom. The summed E-state index contributed by atoms with van der Waals surface area (Å²) in [7, 11) is 0.365. The maximum Gasteiger partial charge on any atom is 0.409 e. The molecule has 38 heavy (non-hydrogen) atoms. The van der Waals surface area contributed by atoms with Crippen LogP contribution in [0, 0.1) is 6.92 Å². The summed E-state index contributed by atoms with van der Waals surface area (Å²) in [6, 6.07) is 12.5. The van der Waals surface area contributed by atoms with Crippen molar-refractivity contribution in [2.24, 2.45) is 0 Å². The number of carbonyl (C=O) groups excluding carboxylic acids is 3. The van der Waals surface area contributed by atoms with E-state index in [1.54, 1.807) is 63.2 Å². The van der Waals surface area contributed by atoms with Crippen molar-refractivity contribution in [3.8, 4) is 0 Å². The summed E-state index contributed by atoms with van der Waals surface area (Å²) in [5.74, 6) is -1.37. The molecule has 3 atom stereocenters. The number of ether oxygens (including phenoxy) is 2. The second kappa shape index (κ2) is 11.1. The Hall–Kier alpha value is -3.44. The van der Waals surface area contributed by atoms with Gasteiger partial charge in [0.1, 0.15) is 11.6 Å². The molecule has 0 bridgehead atoms. The van der Waals surface area contributed by atoms with E-state index in [0.717, 1.165) is 9.87 Å². The van der Waals surface area contributed by atoms with Crippen LogP contribution in [0.15, 0.2) is 59.5 Å². The quantitative estimate of drug-likeness (QED) is 0.370. The van der Waals surface area contributed by atoms with Gasteiger partial charge in [0.15, 0.2) is 12.1 Å². The molecule has 2 amide bonds. The number of likely N-dealkylation sites (tertiary alicyclic amines) is 1. The van der Waals surface area contributed by atoms with Gasteiger partial charge in [-0.1, -0.05) is 48.0 Å². The van der Waals surface area contributed by atoms with E-state index in [9.17, 15) is 22.8 Å². The van der Waals surface area contributed by atoms with Gasteiger partial charge >= 0.3 is 12.1 Å². The molecular formula is C27H35N3O7S. The number of hydrogen-bond acceptors (Lipinski definition) is 7. The highest BCUT2D eigenvalue weighted by Gasteiger charge is 2.53. The fraction of sp³-hybridized carbons (Fsp3) is 0.444. The molecular weight excluding hydrogens is 510 g/mol. The molecule has 0 saturated carbocycles. The molecule has 2 aromatic rings. The van der Waals surface area contributed by atoms with Crippen LogP contribution in [0.2, 0.25) is 0 Å². The number of hydrogen-bond donors (Lipinski definition) is 0. The number of nitrogens with zero attached hydrogens (tertiary/aromatic N) is 3. The number of esters is 1. The summed E-state index contributed by atoms with van der Waals surface area (Å²) >= 11 is 0. The lowest BCUT2D eigenvalue weighted by Crippen LogP contribution is -2.69. The van der Waals surface area contributed by atoms with Crippen LogP contribution in [0.25, 0.3) is 0 Å². The molecule has 1 fully saturated rings. The van der Waals surface area contributed by atoms with Gasteiger partial charge in [0.2, 0.25) is 15.9 Å². The molecule has 11 heteroatoms. The largest absolute Gasteiger partial charge is 0.458 e. The summed E-state index contributed by atoms with van der Waals surface area (Å²) in [6.45, 7) is 6.82. The van der Waals surface area contributed by atoms with Gasteiger partial charge in [-0.2, -0.15) is 4.31 Å². The van der Waals surface area contributed by atoms with Crippen molar-refractivity contribution < 1.29 is 32.3 Å². The van der Waals surface area contributed by atoms with E-state index in [1.165, 1.54) is 43.1 Å². The molecule has 0 N–H and O–H groups in total. The predicted octanol–water partition coefficient (Wildman–Crippen LogP) is 2.98. The van der Waals surface area contributed by atoms with Gasteiger partial charge in [0, 0.05) is 27.7 Å². The van der Waals surface area contributed by atoms with E-state index < -0.39 is 51.8 Å². The normalized spacial score (nSPS) is 17.4. The van der Waals surface area contributed by atoms with E-state index in [2.05, 4.69) is 0 Å². The van der Waals surface area contributed by atoms with Crippen LogP contribution in [0.1, 0.15) is 38.0 Å². The van der Waals surface area contributed by atoms with Crippen molar-refractivity contribution in [2.45, 2.75) is 56.4 Å². The first-order valence-electron chi connectivity index (χ1n) is 12.1. The van der Waals surface area contributed by atoms with Crippen molar-refractivity contribution in [3.05, 3.63) is 65.7 Å². The van der Waals surface area contributed by atoms with Crippen molar-refractivity contribution >= 4 is 28.0 Å². The van der Waals surface area contributed by atoms with Crippen LogP contribution < -0.4 is 0 Å². The third kappa shape index (κ3) is 6.33. The van der Waals surface area contributed by atoms with E-state index in [0.29, 0.717) is 5.56 Å². The molecule has 1 aliphatic heterocycles. The Balaban J connectivity index is 1.96. The number of sulfonamides is 1. The van der Waals surface area contributed by atoms with E-state index in [-0.39, 0.29) is 11.4 Å². The summed E-state index contributed by atoms with van der Waals surface area (Å²) < 4.78 is 38.7.